The fourth-order valence-electron chi connectivity index (χ4n) is 2.02. The fourth-order valence-corrected chi connectivity index (χ4v) is 3.49. The van der Waals surface area contributed by atoms with Crippen LogP contribution in [0.5, 0.6) is 0 Å². The molecule has 0 aliphatic carbocycles. The van der Waals surface area contributed by atoms with Crippen molar-refractivity contribution in [2.24, 2.45) is 0 Å². The van der Waals surface area contributed by atoms with E-state index in [0.29, 0.717) is 13.1 Å². The van der Waals surface area contributed by atoms with Gasteiger partial charge >= 0.3 is 0 Å². The third-order valence-electron chi connectivity index (χ3n) is 2.71. The second-order valence-electron chi connectivity index (χ2n) is 5.02. The van der Waals surface area contributed by atoms with E-state index in [-0.39, 0.29) is 43.0 Å². The second kappa shape index (κ2) is 7.65. The van der Waals surface area contributed by atoms with Crippen LogP contribution in [-0.4, -0.2) is 56.4 Å². The van der Waals surface area contributed by atoms with Gasteiger partial charge < -0.3 is 10.1 Å². The first-order valence-corrected chi connectivity index (χ1v) is 7.77. The lowest BCUT2D eigenvalue weighted by molar-refractivity contribution is 0.0904. The number of nitrogens with one attached hydrogen (secondary N) is 1. The van der Waals surface area contributed by atoms with E-state index in [9.17, 15) is 8.42 Å². The molecule has 0 aromatic rings. The highest BCUT2D eigenvalue weighted by Crippen LogP contribution is 2.10. The standard InChI is InChI=1S/C11H24N2O3S.ClH/c1-9(2)16-5-6-17(14,15)13-7-10(3)12-11(4)8-13;/h9-12H,5-8H2,1-4H3;1H. The van der Waals surface area contributed by atoms with Crippen LogP contribution in [-0.2, 0) is 14.8 Å². The summed E-state index contributed by atoms with van der Waals surface area (Å²) in [5, 5.41) is 3.32. The van der Waals surface area contributed by atoms with Gasteiger partial charge in [-0.3, -0.25) is 0 Å². The van der Waals surface area contributed by atoms with Crippen molar-refractivity contribution in [1.82, 2.24) is 9.62 Å². The average molecular weight is 301 g/mol. The zero-order valence-electron chi connectivity index (χ0n) is 11.5. The molecule has 5 nitrogen and oxygen atoms in total. The molecule has 1 heterocycles. The topological polar surface area (TPSA) is 58.6 Å². The van der Waals surface area contributed by atoms with E-state index >= 15 is 0 Å². The molecule has 1 fully saturated rings. The van der Waals surface area contributed by atoms with Crippen molar-refractivity contribution in [1.29, 1.82) is 0 Å². The molecule has 1 aliphatic heterocycles. The smallest absolute Gasteiger partial charge is 0.216 e. The number of halogens is 1. The Labute approximate surface area is 117 Å². The Bertz CT molecular complexity index is 325. The van der Waals surface area contributed by atoms with Crippen molar-refractivity contribution in [3.8, 4) is 0 Å². The van der Waals surface area contributed by atoms with E-state index in [4.69, 9.17) is 4.74 Å². The molecule has 7 heteroatoms. The van der Waals surface area contributed by atoms with E-state index in [1.807, 2.05) is 27.7 Å². The molecule has 0 aromatic carbocycles. The molecular formula is C11H25ClN2O3S. The molecule has 0 bridgehead atoms. The first-order valence-electron chi connectivity index (χ1n) is 6.16. The molecule has 0 spiro atoms. The van der Waals surface area contributed by atoms with Crippen LogP contribution in [0, 0.1) is 0 Å². The van der Waals surface area contributed by atoms with Crippen molar-refractivity contribution >= 4 is 22.4 Å². The van der Waals surface area contributed by atoms with Crippen LogP contribution in [0.25, 0.3) is 0 Å². The van der Waals surface area contributed by atoms with E-state index < -0.39 is 10.0 Å². The third kappa shape index (κ3) is 5.84. The SMILES string of the molecule is CC1CN(S(=O)(=O)CCOC(C)C)CC(C)N1.Cl. The lowest BCUT2D eigenvalue weighted by atomic mass is 10.2. The molecule has 0 radical (unpaired) electrons. The normalized spacial score (nSPS) is 26.1. The fraction of sp³-hybridized carbons (Fsp3) is 1.00. The van der Waals surface area contributed by atoms with Crippen LogP contribution in [0.1, 0.15) is 27.7 Å². The summed E-state index contributed by atoms with van der Waals surface area (Å²) >= 11 is 0. The van der Waals surface area contributed by atoms with Crippen LogP contribution >= 0.6 is 12.4 Å². The maximum absolute atomic E-state index is 12.1. The molecule has 2 atom stereocenters. The minimum Gasteiger partial charge on any atom is -0.378 e. The lowest BCUT2D eigenvalue weighted by Gasteiger charge is -2.35. The number of piperazine rings is 1. The molecular weight excluding hydrogens is 276 g/mol. The van der Waals surface area contributed by atoms with Gasteiger partial charge in [-0.1, -0.05) is 0 Å². The van der Waals surface area contributed by atoms with Gasteiger partial charge in [0.25, 0.3) is 0 Å². The summed E-state index contributed by atoms with van der Waals surface area (Å²) in [7, 11) is -3.18. The Morgan fingerprint density at radius 1 is 1.28 bits per heavy atom. The number of sulfonamides is 1. The Morgan fingerprint density at radius 2 is 1.78 bits per heavy atom. The number of hydrogen-bond acceptors (Lipinski definition) is 4. The van der Waals surface area contributed by atoms with Crippen molar-refractivity contribution < 1.29 is 13.2 Å². The first-order chi connectivity index (χ1) is 7.81. The van der Waals surface area contributed by atoms with Crippen LogP contribution in [0.15, 0.2) is 0 Å². The Kier molecular flexibility index (Phi) is 7.70. The highest BCUT2D eigenvalue weighted by atomic mass is 35.5. The van der Waals surface area contributed by atoms with Gasteiger partial charge in [-0.15, -0.1) is 12.4 Å². The molecule has 1 N–H and O–H groups in total. The number of hydrogen-bond donors (Lipinski definition) is 1. The Morgan fingerprint density at radius 3 is 2.22 bits per heavy atom. The Balaban J connectivity index is 0.00000289. The van der Waals surface area contributed by atoms with E-state index in [0.717, 1.165) is 0 Å². The predicted octanol–water partition coefficient (Wildman–Crippen LogP) is 0.845. The summed E-state index contributed by atoms with van der Waals surface area (Å²) in [6, 6.07) is 0.416. The van der Waals surface area contributed by atoms with Gasteiger partial charge in [0.15, 0.2) is 0 Å². The highest BCUT2D eigenvalue weighted by Gasteiger charge is 2.29. The Hall–Kier alpha value is 0.120. The maximum Gasteiger partial charge on any atom is 0.216 e. The van der Waals surface area contributed by atoms with Gasteiger partial charge in [0, 0.05) is 25.2 Å². The molecule has 1 saturated heterocycles. The van der Waals surface area contributed by atoms with Crippen LogP contribution in [0.2, 0.25) is 0 Å². The average Bonchev–Trinajstić information content (AvgIpc) is 2.14. The molecule has 2 unspecified atom stereocenters. The summed E-state index contributed by atoms with van der Waals surface area (Å²) < 4.78 is 31.0. The number of nitrogens with zero attached hydrogens (tertiary/aromatic N) is 1. The van der Waals surface area contributed by atoms with Crippen LogP contribution in [0.4, 0.5) is 0 Å². The number of rotatable bonds is 5. The second-order valence-corrected chi connectivity index (χ2v) is 7.11. The summed E-state index contributed by atoms with van der Waals surface area (Å²) in [5.74, 6) is 0.0740. The van der Waals surface area contributed by atoms with Crippen molar-refractivity contribution in [2.45, 2.75) is 45.9 Å². The van der Waals surface area contributed by atoms with E-state index in [1.165, 1.54) is 0 Å². The van der Waals surface area contributed by atoms with Crippen LogP contribution < -0.4 is 5.32 Å². The predicted molar refractivity (Wildman–Crippen MR) is 75.8 cm³/mol. The monoisotopic (exact) mass is 300 g/mol. The summed E-state index contributed by atoms with van der Waals surface area (Å²) in [6.45, 7) is 9.18. The summed E-state index contributed by atoms with van der Waals surface area (Å²) in [4.78, 5) is 0. The minimum atomic E-state index is -3.18. The molecule has 18 heavy (non-hydrogen) atoms. The molecule has 1 aliphatic rings. The summed E-state index contributed by atoms with van der Waals surface area (Å²) in [6.07, 6.45) is 0.0751. The molecule has 0 aromatic heterocycles. The lowest BCUT2D eigenvalue weighted by Crippen LogP contribution is -2.56. The van der Waals surface area contributed by atoms with Gasteiger partial charge in [-0.2, -0.15) is 4.31 Å². The molecule has 0 amide bonds. The largest absolute Gasteiger partial charge is 0.378 e. The van der Waals surface area contributed by atoms with Gasteiger partial charge in [0.2, 0.25) is 10.0 Å². The minimum absolute atomic E-state index is 0. The quantitative estimate of drug-likeness (QED) is 0.818. The van der Waals surface area contributed by atoms with E-state index in [2.05, 4.69) is 5.32 Å². The van der Waals surface area contributed by atoms with Crippen LogP contribution in [0.3, 0.4) is 0 Å². The van der Waals surface area contributed by atoms with Gasteiger partial charge in [0.1, 0.15) is 0 Å². The van der Waals surface area contributed by atoms with Crippen molar-refractivity contribution in [2.75, 3.05) is 25.4 Å². The number of ether oxygens (including phenoxy) is 1. The van der Waals surface area contributed by atoms with E-state index in [1.54, 1.807) is 4.31 Å². The third-order valence-corrected chi connectivity index (χ3v) is 4.48. The van der Waals surface area contributed by atoms with Gasteiger partial charge in [0.05, 0.1) is 18.5 Å². The maximum atomic E-state index is 12.1. The van der Waals surface area contributed by atoms with Gasteiger partial charge in [-0.25, -0.2) is 8.42 Å². The first kappa shape index (κ1) is 18.1. The van der Waals surface area contributed by atoms with Gasteiger partial charge in [-0.05, 0) is 27.7 Å². The van der Waals surface area contributed by atoms with Crippen molar-refractivity contribution in [3.63, 3.8) is 0 Å². The molecule has 0 saturated carbocycles. The molecule has 110 valence electrons. The zero-order chi connectivity index (χ0) is 13.1. The summed E-state index contributed by atoms with van der Waals surface area (Å²) in [5.41, 5.74) is 0. The van der Waals surface area contributed by atoms with Crippen molar-refractivity contribution in [3.05, 3.63) is 0 Å². The molecule has 1 rings (SSSR count). The zero-order valence-corrected chi connectivity index (χ0v) is 13.2. The highest BCUT2D eigenvalue weighted by molar-refractivity contribution is 7.89.